The molecule has 0 radical (unpaired) electrons. The van der Waals surface area contributed by atoms with E-state index < -0.39 is 0 Å². The number of amidine groups is 2. The number of benzene rings is 1. The second kappa shape index (κ2) is 12.0. The summed E-state index contributed by atoms with van der Waals surface area (Å²) in [5.41, 5.74) is 0.794. The van der Waals surface area contributed by atoms with Crippen molar-refractivity contribution in [1.29, 1.82) is 0 Å². The minimum atomic E-state index is 0. The molecule has 2 N–H and O–H groups in total. The predicted octanol–water partition coefficient (Wildman–Crippen LogP) is 1.10. The minimum Gasteiger partial charge on any atom is -0.741 e. The zero-order chi connectivity index (χ0) is 15.5. The van der Waals surface area contributed by atoms with E-state index in [-0.39, 0.29) is 29.8 Å². The molecule has 0 bridgehead atoms. The van der Waals surface area contributed by atoms with Crippen molar-refractivity contribution in [2.24, 2.45) is 20.4 Å². The molecule has 112 valence electrons. The van der Waals surface area contributed by atoms with E-state index in [0.29, 0.717) is 0 Å². The maximum absolute atomic E-state index is 5.06. The van der Waals surface area contributed by atoms with Gasteiger partial charge >= 0.3 is 19.5 Å². The minimum absolute atomic E-state index is 0. The summed E-state index contributed by atoms with van der Waals surface area (Å²) >= 11 is 9.78. The van der Waals surface area contributed by atoms with Crippen LogP contribution in [0.3, 0.4) is 0 Å². The second-order valence-corrected chi connectivity index (χ2v) is 4.22. The number of hydrogen-bond acceptors (Lipinski definition) is 7. The summed E-state index contributed by atoms with van der Waals surface area (Å²) < 4.78 is 5.06. The molecule has 1 aromatic rings. The van der Waals surface area contributed by atoms with Crippen molar-refractivity contribution in [1.82, 2.24) is 5.32 Å². The molecular formula is C12H14N6OS2Zn. The van der Waals surface area contributed by atoms with Crippen LogP contribution in [0.25, 0.3) is 0 Å². The molecule has 22 heavy (non-hydrogen) atoms. The Morgan fingerprint density at radius 3 is 2.09 bits per heavy atom. The Balaban J connectivity index is 0.00000441. The van der Waals surface area contributed by atoms with Crippen LogP contribution in [0, 0.1) is 0 Å². The number of nitrogens with zero attached hydrogens (tertiary/aromatic N) is 4. The van der Waals surface area contributed by atoms with Crippen LogP contribution in [0.4, 0.5) is 5.69 Å². The third-order valence-electron chi connectivity index (χ3n) is 2.05. The smallest absolute Gasteiger partial charge is 0.741 e. The molecule has 1 aromatic carbocycles. The summed E-state index contributed by atoms with van der Waals surface area (Å²) in [4.78, 5) is 0. The van der Waals surface area contributed by atoms with Crippen molar-refractivity contribution in [2.45, 2.75) is 0 Å². The van der Waals surface area contributed by atoms with Gasteiger partial charge in [0, 0.05) is 17.9 Å². The summed E-state index contributed by atoms with van der Waals surface area (Å²) in [7, 11) is 3.27. The zero-order valence-corrected chi connectivity index (χ0v) is 16.8. The third kappa shape index (κ3) is 8.61. The molecule has 0 unspecified atom stereocenters. The Bertz CT molecular complexity index is 559. The molecule has 0 aliphatic rings. The largest absolute Gasteiger partial charge is 2.00 e. The Kier molecular flexibility index (Phi) is 11.1. The molecule has 0 spiro atoms. The van der Waals surface area contributed by atoms with E-state index in [1.165, 1.54) is 12.4 Å². The molecule has 7 nitrogen and oxygen atoms in total. The Morgan fingerprint density at radius 1 is 1.05 bits per heavy atom. The Morgan fingerprint density at radius 2 is 1.59 bits per heavy atom. The first-order valence-corrected chi connectivity index (χ1v) is 6.61. The van der Waals surface area contributed by atoms with Gasteiger partial charge in [-0.05, 0) is 29.4 Å². The van der Waals surface area contributed by atoms with E-state index in [2.05, 4.69) is 31.0 Å². The first-order valence-electron chi connectivity index (χ1n) is 5.79. The van der Waals surface area contributed by atoms with Crippen LogP contribution in [0.5, 0.6) is 5.75 Å². The molecule has 10 heteroatoms. The average Bonchev–Trinajstić information content (AvgIpc) is 2.51. The second-order valence-electron chi connectivity index (χ2n) is 3.44. The fourth-order valence-electron chi connectivity index (χ4n) is 1.10. The van der Waals surface area contributed by atoms with Crippen molar-refractivity contribution in [2.75, 3.05) is 19.5 Å². The zero-order valence-electron chi connectivity index (χ0n) is 12.2. The van der Waals surface area contributed by atoms with Gasteiger partial charge in [0.15, 0.2) is 0 Å². The SMILES string of the molecule is CNC([S-])=NN=CC=NN=C([S-])Nc1ccc(OC)cc1.[Zn+2]. The topological polar surface area (TPSA) is 82.7 Å². The summed E-state index contributed by atoms with van der Waals surface area (Å²) in [5, 5.41) is 20.9. The Labute approximate surface area is 153 Å². The van der Waals surface area contributed by atoms with Gasteiger partial charge in [-0.1, -0.05) is 0 Å². The van der Waals surface area contributed by atoms with Crippen LogP contribution < -0.4 is 15.4 Å². The molecule has 1 rings (SSSR count). The fraction of sp³-hybridized carbons (Fsp3) is 0.167. The summed E-state index contributed by atoms with van der Waals surface area (Å²) in [6.45, 7) is 0. The maximum Gasteiger partial charge on any atom is 2.00 e. The number of nitrogens with one attached hydrogen (secondary N) is 2. The van der Waals surface area contributed by atoms with Gasteiger partial charge in [0.1, 0.15) is 5.75 Å². The van der Waals surface area contributed by atoms with Gasteiger partial charge in [-0.2, -0.15) is 20.4 Å². The number of methoxy groups -OCH3 is 1. The van der Waals surface area contributed by atoms with Crippen LogP contribution in [-0.4, -0.2) is 36.9 Å². The molecule has 0 aromatic heterocycles. The van der Waals surface area contributed by atoms with Crippen LogP contribution in [0.2, 0.25) is 0 Å². The predicted molar refractivity (Wildman–Crippen MR) is 92.3 cm³/mol. The molecule has 0 atom stereocenters. The van der Waals surface area contributed by atoms with E-state index in [9.17, 15) is 0 Å². The van der Waals surface area contributed by atoms with Crippen molar-refractivity contribution < 1.29 is 24.2 Å². The van der Waals surface area contributed by atoms with Crippen molar-refractivity contribution in [3.63, 3.8) is 0 Å². The standard InChI is InChI=1S/C12H16N6OS2.Zn/c1-13-11(20)17-14-7-8-15-18-12(21)16-9-3-5-10(19-2)6-4-9;/h3-8H,1-2H3,(H2,13,17,20)(H2,16,18,21);/q;+2/p-2. The van der Waals surface area contributed by atoms with Crippen LogP contribution in [-0.2, 0) is 44.7 Å². The van der Waals surface area contributed by atoms with E-state index in [1.807, 2.05) is 24.3 Å². The summed E-state index contributed by atoms with van der Waals surface area (Å²) in [5.74, 6) is 0.765. The number of anilines is 1. The molecule has 0 aliphatic carbocycles. The third-order valence-corrected chi connectivity index (χ3v) is 2.52. The number of ether oxygens (including phenoxy) is 1. The molecule has 0 fully saturated rings. The molecule has 0 aliphatic heterocycles. The number of rotatable bonds is 5. The van der Waals surface area contributed by atoms with Crippen LogP contribution in [0.15, 0.2) is 44.7 Å². The molecule has 0 amide bonds. The summed E-state index contributed by atoms with van der Waals surface area (Å²) in [6.07, 6.45) is 2.70. The molecule has 0 heterocycles. The van der Waals surface area contributed by atoms with Gasteiger partial charge in [0.25, 0.3) is 0 Å². The number of hydrogen-bond donors (Lipinski definition) is 2. The van der Waals surface area contributed by atoms with Gasteiger partial charge in [0.05, 0.1) is 19.5 Å². The molecule has 0 saturated carbocycles. The van der Waals surface area contributed by atoms with Gasteiger partial charge in [-0.15, -0.1) is 0 Å². The van der Waals surface area contributed by atoms with Gasteiger partial charge in [-0.25, -0.2) is 0 Å². The monoisotopic (exact) mass is 386 g/mol. The van der Waals surface area contributed by atoms with Gasteiger partial charge < -0.3 is 40.6 Å². The normalized spacial score (nSPS) is 12.3. The van der Waals surface area contributed by atoms with Crippen LogP contribution in [0.1, 0.15) is 0 Å². The fourth-order valence-corrected chi connectivity index (χ4v) is 1.32. The molecular weight excluding hydrogens is 374 g/mol. The molecule has 0 saturated heterocycles. The van der Waals surface area contributed by atoms with Gasteiger partial charge in [-0.3, -0.25) is 0 Å². The van der Waals surface area contributed by atoms with Crippen molar-refractivity contribution in [3.8, 4) is 5.75 Å². The van der Waals surface area contributed by atoms with Gasteiger partial charge in [0.2, 0.25) is 0 Å². The van der Waals surface area contributed by atoms with E-state index >= 15 is 0 Å². The van der Waals surface area contributed by atoms with Crippen LogP contribution >= 0.6 is 0 Å². The van der Waals surface area contributed by atoms with Crippen molar-refractivity contribution in [3.05, 3.63) is 24.3 Å². The van der Waals surface area contributed by atoms with E-state index in [1.54, 1.807) is 14.2 Å². The first-order chi connectivity index (χ1) is 10.2. The van der Waals surface area contributed by atoms with E-state index in [4.69, 9.17) is 30.0 Å². The Hall–Kier alpha value is -1.64. The first kappa shape index (κ1) is 20.4. The quantitative estimate of drug-likeness (QED) is 0.260. The van der Waals surface area contributed by atoms with Crippen molar-refractivity contribution >= 4 is 53.7 Å². The maximum atomic E-state index is 5.06. The summed E-state index contributed by atoms with van der Waals surface area (Å²) in [6, 6.07) is 7.27. The average molecular weight is 388 g/mol. The van der Waals surface area contributed by atoms with E-state index in [0.717, 1.165) is 11.4 Å².